The van der Waals surface area contributed by atoms with Crippen molar-refractivity contribution in [2.24, 2.45) is 5.92 Å². The monoisotopic (exact) mass is 534 g/mol. The molecule has 0 aliphatic carbocycles. The predicted molar refractivity (Wildman–Crippen MR) is 136 cm³/mol. The normalized spacial score (nSPS) is 12.3. The first-order valence-corrected chi connectivity index (χ1v) is 12.1. The maximum absolute atomic E-state index is 12.9. The predicted octanol–water partition coefficient (Wildman–Crippen LogP) is 1.26. The first kappa shape index (κ1) is 31.7. The van der Waals surface area contributed by atoms with Crippen LogP contribution in [0, 0.1) is 16.0 Å². The Balaban J connectivity index is 2.72. The number of hydrogen-bond donors (Lipinski definition) is 3. The van der Waals surface area contributed by atoms with Gasteiger partial charge < -0.3 is 25.4 Å². The van der Waals surface area contributed by atoms with E-state index in [0.717, 1.165) is 6.08 Å². The van der Waals surface area contributed by atoms with Crippen molar-refractivity contribution in [1.82, 2.24) is 16.0 Å². The number of nitro groups is 1. The molecule has 13 heteroatoms. The van der Waals surface area contributed by atoms with Gasteiger partial charge in [-0.2, -0.15) is 0 Å². The van der Waals surface area contributed by atoms with Crippen molar-refractivity contribution in [2.75, 3.05) is 19.8 Å². The number of nitrogens with one attached hydrogen (secondary N) is 3. The molecule has 0 bridgehead atoms. The quantitative estimate of drug-likeness (QED) is 0.129. The van der Waals surface area contributed by atoms with Gasteiger partial charge >= 0.3 is 11.9 Å². The van der Waals surface area contributed by atoms with E-state index < -0.39 is 53.2 Å². The number of nitro benzene ring substituents is 1. The summed E-state index contributed by atoms with van der Waals surface area (Å²) in [6, 6.07) is 3.50. The number of nitrogens with zero attached hydrogens (tertiary/aromatic N) is 1. The first-order chi connectivity index (χ1) is 18.0. The number of esters is 2. The molecule has 0 unspecified atom stereocenters. The van der Waals surface area contributed by atoms with Crippen molar-refractivity contribution < 1.29 is 38.4 Å². The van der Waals surface area contributed by atoms with Crippen molar-refractivity contribution in [1.29, 1.82) is 0 Å². The van der Waals surface area contributed by atoms with Crippen LogP contribution in [0.1, 0.15) is 46.1 Å². The minimum absolute atomic E-state index is 0.0465. The maximum atomic E-state index is 12.9. The Morgan fingerprint density at radius 1 is 1.05 bits per heavy atom. The number of non-ortho nitro benzene ring substituents is 1. The molecule has 0 saturated heterocycles. The summed E-state index contributed by atoms with van der Waals surface area (Å²) in [5, 5.41) is 18.2. The van der Waals surface area contributed by atoms with Crippen LogP contribution in [0.3, 0.4) is 0 Å². The summed E-state index contributed by atoms with van der Waals surface area (Å²) in [5.41, 5.74) is 0.297. The van der Waals surface area contributed by atoms with Crippen LogP contribution < -0.4 is 16.0 Å². The number of hydrogen-bond acceptors (Lipinski definition) is 9. The minimum Gasteiger partial charge on any atom is -0.466 e. The van der Waals surface area contributed by atoms with Gasteiger partial charge in [-0.05, 0) is 37.8 Å². The smallest absolute Gasteiger partial charge is 0.328 e. The van der Waals surface area contributed by atoms with Crippen molar-refractivity contribution in [3.63, 3.8) is 0 Å². The van der Waals surface area contributed by atoms with Crippen molar-refractivity contribution >= 4 is 41.4 Å². The van der Waals surface area contributed by atoms with Crippen molar-refractivity contribution in [3.8, 4) is 0 Å². The molecule has 0 saturated carbocycles. The van der Waals surface area contributed by atoms with E-state index in [0.29, 0.717) is 5.56 Å². The third-order valence-corrected chi connectivity index (χ3v) is 5.03. The molecule has 0 heterocycles. The van der Waals surface area contributed by atoms with Gasteiger partial charge in [-0.3, -0.25) is 29.3 Å². The van der Waals surface area contributed by atoms with Gasteiger partial charge in [0.05, 0.1) is 24.7 Å². The van der Waals surface area contributed by atoms with Crippen LogP contribution in [0.5, 0.6) is 0 Å². The second kappa shape index (κ2) is 16.5. The molecule has 0 aromatic heterocycles. The molecule has 0 radical (unpaired) electrons. The zero-order valence-corrected chi connectivity index (χ0v) is 21.9. The summed E-state index contributed by atoms with van der Waals surface area (Å²) in [6.07, 6.45) is 2.31. The number of carbonyl (C=O) groups is 5. The standard InChI is InChI=1S/C25H34N4O9/c1-5-37-22(32)13-11-19(25(34)38-6-2)27-24(33)23(16(3)4)28-21(31)15-26-20(30)12-10-17-8-7-9-18(14-17)29(35)36/h7-10,12,14,16,19,23H,5-6,11,13,15H2,1-4H3,(H,26,30)(H,27,33)(H,28,31)/b12-10+/t19-,23+/m1/s1. The van der Waals surface area contributed by atoms with Gasteiger partial charge in [0.2, 0.25) is 17.7 Å². The zero-order valence-electron chi connectivity index (χ0n) is 21.9. The summed E-state index contributed by atoms with van der Waals surface area (Å²) in [7, 11) is 0. The second-order valence-corrected chi connectivity index (χ2v) is 8.35. The van der Waals surface area contributed by atoms with Crippen molar-refractivity contribution in [2.45, 2.75) is 52.6 Å². The van der Waals surface area contributed by atoms with E-state index in [2.05, 4.69) is 16.0 Å². The molecule has 0 aliphatic rings. The molecule has 0 aliphatic heterocycles. The van der Waals surface area contributed by atoms with E-state index in [9.17, 15) is 34.1 Å². The fourth-order valence-electron chi connectivity index (χ4n) is 3.15. The van der Waals surface area contributed by atoms with Gasteiger partial charge in [-0.1, -0.05) is 26.0 Å². The highest BCUT2D eigenvalue weighted by Gasteiger charge is 2.30. The number of carbonyl (C=O) groups excluding carboxylic acids is 5. The highest BCUT2D eigenvalue weighted by molar-refractivity contribution is 5.96. The highest BCUT2D eigenvalue weighted by Crippen LogP contribution is 2.14. The van der Waals surface area contributed by atoms with Gasteiger partial charge in [-0.25, -0.2) is 4.79 Å². The number of ether oxygens (including phenoxy) is 2. The molecule has 1 aromatic carbocycles. The molecular formula is C25H34N4O9. The van der Waals surface area contributed by atoms with E-state index >= 15 is 0 Å². The van der Waals surface area contributed by atoms with Crippen LogP contribution in [0.25, 0.3) is 6.08 Å². The molecular weight excluding hydrogens is 500 g/mol. The minimum atomic E-state index is -1.12. The van der Waals surface area contributed by atoms with Crippen LogP contribution >= 0.6 is 0 Å². The van der Waals surface area contributed by atoms with E-state index in [-0.39, 0.29) is 37.7 Å². The Hall–Kier alpha value is -4.29. The van der Waals surface area contributed by atoms with Crippen LogP contribution in [-0.2, 0) is 33.4 Å². The maximum Gasteiger partial charge on any atom is 0.328 e. The van der Waals surface area contributed by atoms with Gasteiger partial charge in [0, 0.05) is 24.6 Å². The van der Waals surface area contributed by atoms with Gasteiger partial charge in [0.15, 0.2) is 0 Å². The lowest BCUT2D eigenvalue weighted by atomic mass is 10.0. The number of amides is 3. The fraction of sp³-hybridized carbons (Fsp3) is 0.480. The average molecular weight is 535 g/mol. The van der Waals surface area contributed by atoms with E-state index in [1.54, 1.807) is 33.8 Å². The molecule has 1 rings (SSSR count). The summed E-state index contributed by atoms with van der Waals surface area (Å²) in [6.45, 7) is 6.42. The van der Waals surface area contributed by atoms with Crippen LogP contribution in [0.15, 0.2) is 30.3 Å². The first-order valence-electron chi connectivity index (χ1n) is 12.1. The Bertz CT molecular complexity index is 1040. The Morgan fingerprint density at radius 3 is 2.34 bits per heavy atom. The third kappa shape index (κ3) is 11.6. The number of rotatable bonds is 15. The molecule has 208 valence electrons. The average Bonchev–Trinajstić information content (AvgIpc) is 2.87. The Kier molecular flexibility index (Phi) is 13.7. The van der Waals surface area contributed by atoms with Crippen LogP contribution in [-0.4, -0.2) is 66.4 Å². The van der Waals surface area contributed by atoms with E-state index in [4.69, 9.17) is 9.47 Å². The molecule has 1 aromatic rings. The lowest BCUT2D eigenvalue weighted by molar-refractivity contribution is -0.384. The lowest BCUT2D eigenvalue weighted by Gasteiger charge is -2.24. The lowest BCUT2D eigenvalue weighted by Crippen LogP contribution is -2.55. The third-order valence-electron chi connectivity index (χ3n) is 5.03. The molecule has 38 heavy (non-hydrogen) atoms. The molecule has 2 atom stereocenters. The summed E-state index contributed by atoms with van der Waals surface area (Å²) in [5.74, 6) is -3.57. The largest absolute Gasteiger partial charge is 0.466 e. The topological polar surface area (TPSA) is 183 Å². The molecule has 0 spiro atoms. The summed E-state index contributed by atoms with van der Waals surface area (Å²) >= 11 is 0. The van der Waals surface area contributed by atoms with E-state index in [1.165, 1.54) is 24.3 Å². The van der Waals surface area contributed by atoms with Gasteiger partial charge in [0.1, 0.15) is 12.1 Å². The molecule has 0 fully saturated rings. The van der Waals surface area contributed by atoms with Gasteiger partial charge in [0.25, 0.3) is 5.69 Å². The van der Waals surface area contributed by atoms with Crippen LogP contribution in [0.2, 0.25) is 0 Å². The zero-order chi connectivity index (χ0) is 28.7. The van der Waals surface area contributed by atoms with Crippen LogP contribution in [0.4, 0.5) is 5.69 Å². The van der Waals surface area contributed by atoms with Crippen molar-refractivity contribution in [3.05, 3.63) is 46.0 Å². The molecule has 13 nitrogen and oxygen atoms in total. The molecule has 3 N–H and O–H groups in total. The van der Waals surface area contributed by atoms with E-state index in [1.807, 2.05) is 0 Å². The number of benzene rings is 1. The fourth-order valence-corrected chi connectivity index (χ4v) is 3.15. The Morgan fingerprint density at radius 2 is 1.74 bits per heavy atom. The van der Waals surface area contributed by atoms with Gasteiger partial charge in [-0.15, -0.1) is 0 Å². The SMILES string of the molecule is CCOC(=O)CC[C@@H](NC(=O)[C@@H](NC(=O)CNC(=O)/C=C/c1cccc([N+](=O)[O-])c1)C(C)C)C(=O)OCC. The Labute approximate surface area is 220 Å². The summed E-state index contributed by atoms with van der Waals surface area (Å²) in [4.78, 5) is 71.6. The molecule has 3 amide bonds. The summed E-state index contributed by atoms with van der Waals surface area (Å²) < 4.78 is 9.83. The highest BCUT2D eigenvalue weighted by atomic mass is 16.6. The second-order valence-electron chi connectivity index (χ2n) is 8.35.